The van der Waals surface area contributed by atoms with Gasteiger partial charge in [-0.2, -0.15) is 0 Å². The molecule has 1 N–H and O–H groups in total. The SMILES string of the molecule is CCC1=CC(=O)NC1=O.Cl. The highest BCUT2D eigenvalue weighted by molar-refractivity contribution is 6.16. The van der Waals surface area contributed by atoms with E-state index in [1.165, 1.54) is 6.08 Å². The van der Waals surface area contributed by atoms with Crippen LogP contribution < -0.4 is 5.32 Å². The molecule has 0 aromatic heterocycles. The van der Waals surface area contributed by atoms with E-state index in [2.05, 4.69) is 5.32 Å². The average Bonchev–Trinajstić information content (AvgIpc) is 2.10. The number of nitrogens with one attached hydrogen (secondary N) is 1. The van der Waals surface area contributed by atoms with Crippen molar-refractivity contribution in [1.82, 2.24) is 5.32 Å². The summed E-state index contributed by atoms with van der Waals surface area (Å²) in [5, 5.41) is 2.15. The topological polar surface area (TPSA) is 46.2 Å². The molecule has 0 bridgehead atoms. The van der Waals surface area contributed by atoms with Gasteiger partial charge >= 0.3 is 0 Å². The maximum absolute atomic E-state index is 10.6. The second-order valence-corrected chi connectivity index (χ2v) is 1.84. The lowest BCUT2D eigenvalue weighted by atomic mass is 10.2. The van der Waals surface area contributed by atoms with E-state index in [0.29, 0.717) is 12.0 Å². The zero-order chi connectivity index (χ0) is 6.85. The Balaban J connectivity index is 0.000000810. The summed E-state index contributed by atoms with van der Waals surface area (Å²) in [4.78, 5) is 21.0. The second kappa shape index (κ2) is 3.37. The number of carbonyl (C=O) groups is 2. The summed E-state index contributed by atoms with van der Waals surface area (Å²) < 4.78 is 0. The van der Waals surface area contributed by atoms with Gasteiger partial charge in [-0.05, 0) is 6.42 Å². The number of imide groups is 1. The van der Waals surface area contributed by atoms with Gasteiger partial charge in [-0.1, -0.05) is 6.92 Å². The van der Waals surface area contributed by atoms with Gasteiger partial charge < -0.3 is 0 Å². The summed E-state index contributed by atoms with van der Waals surface area (Å²) in [6.45, 7) is 1.84. The fraction of sp³-hybridized carbons (Fsp3) is 0.333. The number of halogens is 1. The van der Waals surface area contributed by atoms with E-state index in [9.17, 15) is 9.59 Å². The summed E-state index contributed by atoms with van der Waals surface area (Å²) in [6, 6.07) is 0. The minimum Gasteiger partial charge on any atom is -0.289 e. The zero-order valence-corrected chi connectivity index (χ0v) is 6.33. The lowest BCUT2D eigenvalue weighted by Crippen LogP contribution is -2.21. The normalized spacial score (nSPS) is 15.9. The first-order chi connectivity index (χ1) is 4.24. The van der Waals surface area contributed by atoms with Gasteiger partial charge in [-0.25, -0.2) is 0 Å². The number of rotatable bonds is 1. The van der Waals surface area contributed by atoms with Gasteiger partial charge in [0.1, 0.15) is 0 Å². The van der Waals surface area contributed by atoms with E-state index in [1.807, 2.05) is 6.92 Å². The zero-order valence-electron chi connectivity index (χ0n) is 5.51. The molecule has 3 nitrogen and oxygen atoms in total. The molecule has 4 heteroatoms. The predicted molar refractivity (Wildman–Crippen MR) is 38.8 cm³/mol. The largest absolute Gasteiger partial charge is 0.289 e. The van der Waals surface area contributed by atoms with Crippen molar-refractivity contribution < 1.29 is 9.59 Å². The molecular formula is C6H8ClNO2. The molecule has 1 aliphatic rings. The van der Waals surface area contributed by atoms with Crippen molar-refractivity contribution in [2.45, 2.75) is 13.3 Å². The number of hydrogen-bond acceptors (Lipinski definition) is 2. The Hall–Kier alpha value is -0.830. The summed E-state index contributed by atoms with van der Waals surface area (Å²) in [5.41, 5.74) is 0.569. The first-order valence-electron chi connectivity index (χ1n) is 2.80. The van der Waals surface area contributed by atoms with Crippen LogP contribution >= 0.6 is 12.4 Å². The van der Waals surface area contributed by atoms with E-state index in [4.69, 9.17) is 0 Å². The molecule has 0 fully saturated rings. The van der Waals surface area contributed by atoms with Crippen LogP contribution in [0.1, 0.15) is 13.3 Å². The van der Waals surface area contributed by atoms with Crippen LogP contribution in [-0.4, -0.2) is 11.8 Å². The molecule has 2 amide bonds. The first-order valence-corrected chi connectivity index (χ1v) is 2.80. The molecule has 1 heterocycles. The summed E-state index contributed by atoms with van der Waals surface area (Å²) in [7, 11) is 0. The Morgan fingerprint density at radius 1 is 1.50 bits per heavy atom. The second-order valence-electron chi connectivity index (χ2n) is 1.84. The van der Waals surface area contributed by atoms with Gasteiger partial charge in [0.15, 0.2) is 0 Å². The van der Waals surface area contributed by atoms with E-state index < -0.39 is 0 Å². The minimum absolute atomic E-state index is 0. The van der Waals surface area contributed by atoms with Crippen molar-refractivity contribution in [2.75, 3.05) is 0 Å². The molecule has 0 saturated heterocycles. The Labute approximate surface area is 64.9 Å². The average molecular weight is 162 g/mol. The van der Waals surface area contributed by atoms with Crippen LogP contribution in [0.4, 0.5) is 0 Å². The lowest BCUT2D eigenvalue weighted by molar-refractivity contribution is -0.123. The van der Waals surface area contributed by atoms with E-state index in [-0.39, 0.29) is 24.2 Å². The highest BCUT2D eigenvalue weighted by Crippen LogP contribution is 2.04. The molecule has 1 aliphatic heterocycles. The fourth-order valence-corrected chi connectivity index (χ4v) is 0.715. The third-order valence-electron chi connectivity index (χ3n) is 1.21. The maximum atomic E-state index is 10.6. The molecule has 0 atom stereocenters. The lowest BCUT2D eigenvalue weighted by Gasteiger charge is -1.89. The van der Waals surface area contributed by atoms with Crippen LogP contribution in [-0.2, 0) is 9.59 Å². The van der Waals surface area contributed by atoms with Gasteiger partial charge in [0, 0.05) is 11.6 Å². The van der Waals surface area contributed by atoms with Crippen LogP contribution in [0.15, 0.2) is 11.6 Å². The molecule has 0 unspecified atom stereocenters. The first kappa shape index (κ1) is 9.17. The highest BCUT2D eigenvalue weighted by atomic mass is 35.5. The molecular weight excluding hydrogens is 154 g/mol. The van der Waals surface area contributed by atoms with Gasteiger partial charge in [-0.3, -0.25) is 14.9 Å². The minimum atomic E-state index is -0.295. The molecule has 0 aliphatic carbocycles. The Morgan fingerprint density at radius 3 is 2.30 bits per heavy atom. The van der Waals surface area contributed by atoms with Crippen molar-refractivity contribution in [2.24, 2.45) is 0 Å². The summed E-state index contributed by atoms with van der Waals surface area (Å²) in [6.07, 6.45) is 1.96. The third kappa shape index (κ3) is 1.57. The van der Waals surface area contributed by atoms with Crippen molar-refractivity contribution >= 4 is 24.2 Å². The smallest absolute Gasteiger partial charge is 0.254 e. The van der Waals surface area contributed by atoms with Crippen molar-refractivity contribution in [3.05, 3.63) is 11.6 Å². The number of amides is 2. The molecule has 10 heavy (non-hydrogen) atoms. The van der Waals surface area contributed by atoms with Crippen LogP contribution in [0.2, 0.25) is 0 Å². The van der Waals surface area contributed by atoms with Crippen LogP contribution in [0.5, 0.6) is 0 Å². The van der Waals surface area contributed by atoms with Gasteiger partial charge in [-0.15, -0.1) is 12.4 Å². The fourth-order valence-electron chi connectivity index (χ4n) is 0.715. The quantitative estimate of drug-likeness (QED) is 0.566. The van der Waals surface area contributed by atoms with Crippen LogP contribution in [0, 0.1) is 0 Å². The monoisotopic (exact) mass is 161 g/mol. The Bertz CT molecular complexity index is 198. The van der Waals surface area contributed by atoms with Crippen molar-refractivity contribution in [3.63, 3.8) is 0 Å². The van der Waals surface area contributed by atoms with Crippen LogP contribution in [0.25, 0.3) is 0 Å². The van der Waals surface area contributed by atoms with Crippen molar-refractivity contribution in [1.29, 1.82) is 0 Å². The Kier molecular flexibility index (Phi) is 3.09. The number of carbonyl (C=O) groups excluding carboxylic acids is 2. The Morgan fingerprint density at radius 2 is 2.10 bits per heavy atom. The molecule has 0 aromatic carbocycles. The van der Waals surface area contributed by atoms with E-state index in [0.717, 1.165) is 0 Å². The van der Waals surface area contributed by atoms with Gasteiger partial charge in [0.05, 0.1) is 0 Å². The van der Waals surface area contributed by atoms with Gasteiger partial charge in [0.2, 0.25) is 0 Å². The molecule has 56 valence electrons. The third-order valence-corrected chi connectivity index (χ3v) is 1.21. The highest BCUT2D eigenvalue weighted by Gasteiger charge is 2.17. The summed E-state index contributed by atoms with van der Waals surface area (Å²) in [5.74, 6) is -0.542. The van der Waals surface area contributed by atoms with E-state index >= 15 is 0 Å². The number of hydrogen-bond donors (Lipinski definition) is 1. The maximum Gasteiger partial charge on any atom is 0.254 e. The van der Waals surface area contributed by atoms with Crippen LogP contribution in [0.3, 0.4) is 0 Å². The molecule has 0 saturated carbocycles. The molecule has 0 spiro atoms. The van der Waals surface area contributed by atoms with Gasteiger partial charge in [0.25, 0.3) is 11.8 Å². The molecule has 1 rings (SSSR count). The predicted octanol–water partition coefficient (Wildman–Crippen LogP) is 0.401. The molecule has 0 aromatic rings. The standard InChI is InChI=1S/C6H7NO2.ClH/c1-2-4-3-5(8)7-6(4)9;/h3H,2H2,1H3,(H,7,8,9);1H. The molecule has 0 radical (unpaired) electrons. The van der Waals surface area contributed by atoms with Crippen molar-refractivity contribution in [3.8, 4) is 0 Å². The summed E-state index contributed by atoms with van der Waals surface area (Å²) >= 11 is 0. The van der Waals surface area contributed by atoms with E-state index in [1.54, 1.807) is 0 Å².